The Morgan fingerprint density at radius 3 is 2.73 bits per heavy atom. The van der Waals surface area contributed by atoms with E-state index in [2.05, 4.69) is 10.2 Å². The minimum atomic E-state index is -0.279. The van der Waals surface area contributed by atoms with Crippen molar-refractivity contribution >= 4 is 17.7 Å². The first-order valence-corrected chi connectivity index (χ1v) is 7.48. The van der Waals surface area contributed by atoms with Crippen LogP contribution in [0, 0.1) is 0 Å². The largest absolute Gasteiger partial charge is 0.493 e. The van der Waals surface area contributed by atoms with Crippen LogP contribution < -0.4 is 9.47 Å². The Balaban J connectivity index is 1.80. The second kappa shape index (κ2) is 6.27. The number of carbonyl (C=O) groups is 1. The van der Waals surface area contributed by atoms with Gasteiger partial charge in [0.05, 0.1) is 20.8 Å². The van der Waals surface area contributed by atoms with Gasteiger partial charge in [0.15, 0.2) is 11.5 Å². The SMILES string of the molecule is COc1ccc(-c2nnc(S[C@H]3CCOC3=O)o2)cc1OC. The van der Waals surface area contributed by atoms with E-state index in [0.29, 0.717) is 41.2 Å². The van der Waals surface area contributed by atoms with Gasteiger partial charge < -0.3 is 18.6 Å². The van der Waals surface area contributed by atoms with E-state index in [1.807, 2.05) is 0 Å². The van der Waals surface area contributed by atoms with E-state index in [4.69, 9.17) is 18.6 Å². The Hall–Kier alpha value is -2.22. The quantitative estimate of drug-likeness (QED) is 0.774. The van der Waals surface area contributed by atoms with Crippen LogP contribution >= 0.6 is 11.8 Å². The van der Waals surface area contributed by atoms with E-state index < -0.39 is 0 Å². The highest BCUT2D eigenvalue weighted by Gasteiger charge is 2.29. The number of cyclic esters (lactones) is 1. The van der Waals surface area contributed by atoms with E-state index in [1.165, 1.54) is 11.8 Å². The average molecular weight is 322 g/mol. The summed E-state index contributed by atoms with van der Waals surface area (Å²) in [6.07, 6.45) is 0.650. The Bertz CT molecular complexity index is 688. The van der Waals surface area contributed by atoms with Crippen LogP contribution in [0.15, 0.2) is 27.8 Å². The summed E-state index contributed by atoms with van der Waals surface area (Å²) in [4.78, 5) is 11.4. The molecule has 1 aliphatic rings. The van der Waals surface area contributed by atoms with E-state index in [9.17, 15) is 4.79 Å². The lowest BCUT2D eigenvalue weighted by Crippen LogP contribution is -2.09. The molecular formula is C14H14N2O5S. The van der Waals surface area contributed by atoms with Crippen molar-refractivity contribution in [1.29, 1.82) is 0 Å². The number of benzene rings is 1. The number of rotatable bonds is 5. The van der Waals surface area contributed by atoms with Crippen molar-refractivity contribution in [2.24, 2.45) is 0 Å². The molecule has 1 aromatic carbocycles. The maximum atomic E-state index is 11.4. The average Bonchev–Trinajstić information content (AvgIpc) is 3.17. The van der Waals surface area contributed by atoms with E-state index in [-0.39, 0.29) is 11.2 Å². The zero-order valence-corrected chi connectivity index (χ0v) is 12.9. The van der Waals surface area contributed by atoms with E-state index in [1.54, 1.807) is 32.4 Å². The first-order valence-electron chi connectivity index (χ1n) is 6.60. The van der Waals surface area contributed by atoms with Crippen molar-refractivity contribution in [2.75, 3.05) is 20.8 Å². The van der Waals surface area contributed by atoms with Gasteiger partial charge in [0.1, 0.15) is 5.25 Å². The van der Waals surface area contributed by atoms with Crippen LogP contribution in [0.5, 0.6) is 11.5 Å². The van der Waals surface area contributed by atoms with Gasteiger partial charge in [0, 0.05) is 12.0 Å². The molecule has 1 aromatic heterocycles. The molecule has 0 aliphatic carbocycles. The number of methoxy groups -OCH3 is 2. The molecule has 1 saturated heterocycles. The Morgan fingerprint density at radius 1 is 1.23 bits per heavy atom. The monoisotopic (exact) mass is 322 g/mol. The van der Waals surface area contributed by atoms with Crippen LogP contribution in [-0.2, 0) is 9.53 Å². The number of hydrogen-bond donors (Lipinski definition) is 0. The lowest BCUT2D eigenvalue weighted by atomic mass is 10.2. The Kier molecular flexibility index (Phi) is 4.19. The number of nitrogens with zero attached hydrogens (tertiary/aromatic N) is 2. The number of ether oxygens (including phenoxy) is 3. The highest BCUT2D eigenvalue weighted by atomic mass is 32.2. The van der Waals surface area contributed by atoms with Gasteiger partial charge in [-0.1, -0.05) is 0 Å². The molecule has 22 heavy (non-hydrogen) atoms. The molecule has 0 spiro atoms. The molecule has 0 saturated carbocycles. The molecule has 1 fully saturated rings. The fourth-order valence-electron chi connectivity index (χ4n) is 2.05. The molecule has 2 heterocycles. The molecule has 1 atom stereocenters. The molecule has 0 bridgehead atoms. The molecule has 0 unspecified atom stereocenters. The third-order valence-corrected chi connectivity index (χ3v) is 4.25. The molecule has 0 N–H and O–H groups in total. The van der Waals surface area contributed by atoms with Gasteiger partial charge in [0.2, 0.25) is 5.89 Å². The van der Waals surface area contributed by atoms with Crippen molar-refractivity contribution < 1.29 is 23.4 Å². The first kappa shape index (κ1) is 14.7. The van der Waals surface area contributed by atoms with Crippen LogP contribution in [0.25, 0.3) is 11.5 Å². The predicted molar refractivity (Wildman–Crippen MR) is 78.1 cm³/mol. The first-order chi connectivity index (χ1) is 10.7. The topological polar surface area (TPSA) is 83.7 Å². The summed E-state index contributed by atoms with van der Waals surface area (Å²) in [5, 5.41) is 8.02. The third-order valence-electron chi connectivity index (χ3n) is 3.17. The number of aromatic nitrogens is 2. The van der Waals surface area contributed by atoms with Crippen LogP contribution in [0.1, 0.15) is 6.42 Å². The minimum Gasteiger partial charge on any atom is -0.493 e. The summed E-state index contributed by atoms with van der Waals surface area (Å²) in [6.45, 7) is 0.438. The fourth-order valence-corrected chi connectivity index (χ4v) is 2.89. The Morgan fingerprint density at radius 2 is 2.05 bits per heavy atom. The summed E-state index contributed by atoms with van der Waals surface area (Å²) in [5.41, 5.74) is 0.714. The zero-order valence-electron chi connectivity index (χ0n) is 12.1. The van der Waals surface area contributed by atoms with E-state index >= 15 is 0 Å². The number of esters is 1. The molecule has 0 amide bonds. The fraction of sp³-hybridized carbons (Fsp3) is 0.357. The van der Waals surface area contributed by atoms with Crippen LogP contribution in [0.3, 0.4) is 0 Å². The maximum Gasteiger partial charge on any atom is 0.319 e. The number of thioether (sulfide) groups is 1. The van der Waals surface area contributed by atoms with E-state index in [0.717, 1.165) is 0 Å². The van der Waals surface area contributed by atoms with Gasteiger partial charge in [-0.25, -0.2) is 0 Å². The number of hydrogen-bond acceptors (Lipinski definition) is 8. The Labute approximate surface area is 130 Å². The van der Waals surface area contributed by atoms with Gasteiger partial charge in [-0.3, -0.25) is 4.79 Å². The maximum absolute atomic E-state index is 11.4. The van der Waals surface area contributed by atoms with Crippen molar-refractivity contribution in [3.05, 3.63) is 18.2 Å². The predicted octanol–water partition coefficient (Wildman–Crippen LogP) is 2.16. The van der Waals surface area contributed by atoms with Gasteiger partial charge in [-0.05, 0) is 30.0 Å². The summed E-state index contributed by atoms with van der Waals surface area (Å²) in [5.74, 6) is 1.31. The second-order valence-corrected chi connectivity index (χ2v) is 5.66. The molecular weight excluding hydrogens is 308 g/mol. The van der Waals surface area contributed by atoms with Gasteiger partial charge in [-0.2, -0.15) is 0 Å². The molecule has 1 aliphatic heterocycles. The lowest BCUT2D eigenvalue weighted by molar-refractivity contribution is -0.137. The zero-order chi connectivity index (χ0) is 15.5. The standard InChI is InChI=1S/C14H14N2O5S/c1-18-9-4-3-8(7-10(9)19-2)12-15-16-14(21-12)22-11-5-6-20-13(11)17/h3-4,7,11H,5-6H2,1-2H3/t11-/m0/s1. The van der Waals surface area contributed by atoms with Gasteiger partial charge >= 0.3 is 5.97 Å². The smallest absolute Gasteiger partial charge is 0.319 e. The molecule has 116 valence electrons. The van der Waals surface area contributed by atoms with Crippen LogP contribution in [-0.4, -0.2) is 42.2 Å². The van der Waals surface area contributed by atoms with Crippen LogP contribution in [0.2, 0.25) is 0 Å². The molecule has 3 rings (SSSR count). The van der Waals surface area contributed by atoms with Crippen molar-refractivity contribution in [3.8, 4) is 23.0 Å². The molecule has 8 heteroatoms. The van der Waals surface area contributed by atoms with Crippen molar-refractivity contribution in [2.45, 2.75) is 16.9 Å². The summed E-state index contributed by atoms with van der Waals surface area (Å²) in [7, 11) is 3.13. The normalized spacial score (nSPS) is 17.4. The lowest BCUT2D eigenvalue weighted by Gasteiger charge is -2.07. The molecule has 2 aromatic rings. The molecule has 7 nitrogen and oxygen atoms in total. The number of carbonyl (C=O) groups excluding carboxylic acids is 1. The molecule has 0 radical (unpaired) electrons. The van der Waals surface area contributed by atoms with Gasteiger partial charge in [0.25, 0.3) is 5.22 Å². The van der Waals surface area contributed by atoms with Crippen molar-refractivity contribution in [1.82, 2.24) is 10.2 Å². The summed E-state index contributed by atoms with van der Waals surface area (Å²) < 4.78 is 20.9. The van der Waals surface area contributed by atoms with Crippen molar-refractivity contribution in [3.63, 3.8) is 0 Å². The summed E-state index contributed by atoms with van der Waals surface area (Å²) >= 11 is 1.22. The third kappa shape index (κ3) is 2.87. The highest BCUT2D eigenvalue weighted by Crippen LogP contribution is 2.34. The highest BCUT2D eigenvalue weighted by molar-refractivity contribution is 8.00. The van der Waals surface area contributed by atoms with Gasteiger partial charge in [-0.15, -0.1) is 10.2 Å². The minimum absolute atomic E-state index is 0.240. The second-order valence-electron chi connectivity index (χ2n) is 4.51. The van der Waals surface area contributed by atoms with Crippen LogP contribution in [0.4, 0.5) is 0 Å². The summed E-state index contributed by atoms with van der Waals surface area (Å²) in [6, 6.07) is 5.32.